The number of hydrogen-bond acceptors (Lipinski definition) is 8. The molecule has 9 rings (SSSR count). The molecule has 43 heavy (non-hydrogen) atoms. The van der Waals surface area contributed by atoms with Gasteiger partial charge in [0.25, 0.3) is 5.92 Å². The molecule has 0 atom stereocenters. The second-order valence-electron chi connectivity index (χ2n) is 11.7. The number of piperidine rings is 1. The van der Waals surface area contributed by atoms with Gasteiger partial charge in [0.1, 0.15) is 17.9 Å². The SMILES string of the molecule is O=S1CCN(c2cc3c4ncnc3cc2OCCCCOCCCN2CCC(CC2)C(F)(F)c2cccc(c2)CN4)CC1. The van der Waals surface area contributed by atoms with Crippen molar-refractivity contribution in [2.75, 3.05) is 74.3 Å². The fourth-order valence-electron chi connectivity index (χ4n) is 6.26. The van der Waals surface area contributed by atoms with E-state index in [1.807, 2.05) is 18.2 Å². The van der Waals surface area contributed by atoms with Crippen molar-refractivity contribution in [2.24, 2.45) is 5.92 Å². The van der Waals surface area contributed by atoms with Gasteiger partial charge in [-0.15, -0.1) is 0 Å². The van der Waals surface area contributed by atoms with Crippen LogP contribution < -0.4 is 15.0 Å². The van der Waals surface area contributed by atoms with E-state index in [0.29, 0.717) is 82.7 Å². The molecule has 0 spiro atoms. The third kappa shape index (κ3) is 7.26. The van der Waals surface area contributed by atoms with Crippen LogP contribution in [0.3, 0.4) is 0 Å². The second-order valence-corrected chi connectivity index (χ2v) is 13.4. The Kier molecular flexibility index (Phi) is 9.69. The molecule has 2 aromatic carbocycles. The average molecular weight is 614 g/mol. The number of hydrogen-bond donors (Lipinski definition) is 1. The molecular formula is C32H41F2N5O3S. The fraction of sp³-hybridized carbons (Fsp3) is 0.562. The minimum atomic E-state index is -2.88. The summed E-state index contributed by atoms with van der Waals surface area (Å²) in [6, 6.07) is 10.8. The molecule has 8 bridgehead atoms. The Morgan fingerprint density at radius 3 is 2.56 bits per heavy atom. The maximum Gasteiger partial charge on any atom is 0.276 e. The molecule has 11 heteroatoms. The van der Waals surface area contributed by atoms with Crippen LogP contribution in [-0.2, 0) is 28.0 Å². The van der Waals surface area contributed by atoms with Crippen LogP contribution in [-0.4, -0.2) is 83.1 Å². The van der Waals surface area contributed by atoms with Crippen LogP contribution in [0.4, 0.5) is 20.3 Å². The average Bonchev–Trinajstić information content (AvgIpc) is 3.03. The number of ether oxygens (including phenoxy) is 2. The van der Waals surface area contributed by atoms with Gasteiger partial charge in [0.15, 0.2) is 0 Å². The number of nitrogens with one attached hydrogen (secondary N) is 1. The van der Waals surface area contributed by atoms with Gasteiger partial charge in [0, 0.05) is 84.6 Å². The van der Waals surface area contributed by atoms with E-state index in [1.165, 1.54) is 6.33 Å². The summed E-state index contributed by atoms with van der Waals surface area (Å²) in [7, 11) is -0.805. The van der Waals surface area contributed by atoms with Gasteiger partial charge < -0.3 is 24.6 Å². The van der Waals surface area contributed by atoms with Gasteiger partial charge in [-0.3, -0.25) is 4.21 Å². The molecule has 232 valence electrons. The molecule has 0 radical (unpaired) electrons. The third-order valence-corrected chi connectivity index (χ3v) is 10.1. The summed E-state index contributed by atoms with van der Waals surface area (Å²) >= 11 is 0. The van der Waals surface area contributed by atoms with Crippen molar-refractivity contribution in [3.8, 4) is 5.75 Å². The number of aromatic nitrogens is 2. The van der Waals surface area contributed by atoms with Crippen LogP contribution in [0.2, 0.25) is 0 Å². The Bertz CT molecular complexity index is 1410. The normalized spacial score (nSPS) is 24.4. The molecule has 2 saturated heterocycles. The lowest BCUT2D eigenvalue weighted by atomic mass is 9.86. The molecule has 0 unspecified atom stereocenters. The van der Waals surface area contributed by atoms with Crippen LogP contribution in [0.15, 0.2) is 42.7 Å². The number of benzene rings is 2. The zero-order chi connectivity index (χ0) is 29.6. The summed E-state index contributed by atoms with van der Waals surface area (Å²) in [6.07, 6.45) is 5.14. The molecule has 0 saturated carbocycles. The van der Waals surface area contributed by atoms with Gasteiger partial charge in [-0.05, 0) is 62.9 Å². The highest BCUT2D eigenvalue weighted by Gasteiger charge is 2.42. The molecule has 0 aliphatic carbocycles. The van der Waals surface area contributed by atoms with E-state index in [4.69, 9.17) is 9.47 Å². The van der Waals surface area contributed by atoms with Crippen LogP contribution in [0.25, 0.3) is 10.9 Å². The van der Waals surface area contributed by atoms with Crippen molar-refractivity contribution in [3.63, 3.8) is 0 Å². The van der Waals surface area contributed by atoms with E-state index in [-0.39, 0.29) is 5.56 Å². The fourth-order valence-corrected chi connectivity index (χ4v) is 7.32. The lowest BCUT2D eigenvalue weighted by Crippen LogP contribution is -2.40. The van der Waals surface area contributed by atoms with Crippen molar-refractivity contribution < 1.29 is 22.5 Å². The molecule has 1 aromatic heterocycles. The molecule has 6 aliphatic heterocycles. The van der Waals surface area contributed by atoms with E-state index < -0.39 is 22.6 Å². The van der Waals surface area contributed by atoms with Gasteiger partial charge in [-0.1, -0.05) is 18.2 Å². The number of rotatable bonds is 1. The first-order chi connectivity index (χ1) is 21.0. The van der Waals surface area contributed by atoms with Gasteiger partial charge in [-0.2, -0.15) is 0 Å². The highest BCUT2D eigenvalue weighted by molar-refractivity contribution is 7.85. The van der Waals surface area contributed by atoms with Gasteiger partial charge in [-0.25, -0.2) is 18.7 Å². The third-order valence-electron chi connectivity index (χ3n) is 8.81. The maximum absolute atomic E-state index is 15.7. The number of nitrogens with zero attached hydrogens (tertiary/aromatic N) is 4. The molecule has 2 fully saturated rings. The minimum absolute atomic E-state index is 0.0761. The minimum Gasteiger partial charge on any atom is -0.491 e. The largest absolute Gasteiger partial charge is 0.491 e. The lowest BCUT2D eigenvalue weighted by Gasteiger charge is -2.36. The summed E-state index contributed by atoms with van der Waals surface area (Å²) < 4.78 is 55.7. The van der Waals surface area contributed by atoms with E-state index in [2.05, 4.69) is 25.1 Å². The summed E-state index contributed by atoms with van der Waals surface area (Å²) in [5.74, 6) is -0.935. The Hall–Kier alpha value is -2.89. The molecule has 1 N–H and O–H groups in total. The number of anilines is 2. The Balaban J connectivity index is 1.29. The number of alkyl halides is 2. The second kappa shape index (κ2) is 13.8. The Labute approximate surface area is 254 Å². The van der Waals surface area contributed by atoms with Crippen molar-refractivity contribution >= 4 is 33.2 Å². The first-order valence-corrected chi connectivity index (χ1v) is 17.0. The zero-order valence-corrected chi connectivity index (χ0v) is 25.4. The van der Waals surface area contributed by atoms with Gasteiger partial charge in [0.05, 0.1) is 17.8 Å². The highest BCUT2D eigenvalue weighted by atomic mass is 32.2. The van der Waals surface area contributed by atoms with Crippen LogP contribution in [0.1, 0.15) is 43.2 Å². The first-order valence-electron chi connectivity index (χ1n) is 15.5. The summed E-state index contributed by atoms with van der Waals surface area (Å²) in [5, 5.41) is 4.21. The standard InChI is InChI=1S/C32H41F2N5O3S/c33-32(34)25-7-10-38(11-8-25)9-4-15-41-14-1-2-16-42-30-21-28-27(20-29(30)39-12-17-43(40)18-13-39)31(37-23-36-28)35-22-24-5-3-6-26(32)19-24/h3,5-6,19-21,23,25H,1-2,4,7-18,22H2,(H,35,36,37). The molecule has 8 nitrogen and oxygen atoms in total. The quantitative estimate of drug-likeness (QED) is 0.402. The van der Waals surface area contributed by atoms with E-state index in [1.54, 1.807) is 18.2 Å². The van der Waals surface area contributed by atoms with E-state index >= 15 is 8.78 Å². The molecule has 6 aliphatic rings. The van der Waals surface area contributed by atoms with E-state index in [9.17, 15) is 4.21 Å². The summed E-state index contributed by atoms with van der Waals surface area (Å²) in [4.78, 5) is 13.5. The molecular weight excluding hydrogens is 572 g/mol. The Morgan fingerprint density at radius 1 is 0.930 bits per heavy atom. The predicted molar refractivity (Wildman–Crippen MR) is 167 cm³/mol. The highest BCUT2D eigenvalue weighted by Crippen LogP contribution is 2.42. The maximum atomic E-state index is 15.7. The first kappa shape index (κ1) is 30.1. The van der Waals surface area contributed by atoms with Crippen LogP contribution in [0.5, 0.6) is 5.75 Å². The number of halogens is 2. The summed E-state index contributed by atoms with van der Waals surface area (Å²) in [5.41, 5.74) is 2.52. The topological polar surface area (TPSA) is 79.8 Å². The molecule has 0 amide bonds. The lowest BCUT2D eigenvalue weighted by molar-refractivity contribution is -0.0857. The van der Waals surface area contributed by atoms with Crippen molar-refractivity contribution in [1.29, 1.82) is 0 Å². The Morgan fingerprint density at radius 2 is 1.72 bits per heavy atom. The molecule has 3 aromatic rings. The smallest absolute Gasteiger partial charge is 0.276 e. The van der Waals surface area contributed by atoms with Crippen molar-refractivity contribution in [1.82, 2.24) is 14.9 Å². The van der Waals surface area contributed by atoms with Crippen LogP contribution in [0, 0.1) is 5.92 Å². The van der Waals surface area contributed by atoms with Crippen molar-refractivity contribution in [2.45, 2.75) is 44.6 Å². The van der Waals surface area contributed by atoms with E-state index in [0.717, 1.165) is 53.7 Å². The van der Waals surface area contributed by atoms with Crippen LogP contribution >= 0.6 is 0 Å². The summed E-state index contributed by atoms with van der Waals surface area (Å²) in [6.45, 7) is 5.88. The van der Waals surface area contributed by atoms with Gasteiger partial charge >= 0.3 is 0 Å². The van der Waals surface area contributed by atoms with Crippen molar-refractivity contribution in [3.05, 3.63) is 53.9 Å². The van der Waals surface area contributed by atoms with Gasteiger partial charge in [0.2, 0.25) is 0 Å². The predicted octanol–water partition coefficient (Wildman–Crippen LogP) is 5.19. The zero-order valence-electron chi connectivity index (χ0n) is 24.6. The molecule has 7 heterocycles. The monoisotopic (exact) mass is 613 g/mol.